The van der Waals surface area contributed by atoms with Gasteiger partial charge in [-0.15, -0.1) is 0 Å². The summed E-state index contributed by atoms with van der Waals surface area (Å²) in [6.07, 6.45) is 9.34. The van der Waals surface area contributed by atoms with Gasteiger partial charge in [0.25, 0.3) is 5.91 Å². The third-order valence-electron chi connectivity index (χ3n) is 5.40. The number of primary amides is 1. The van der Waals surface area contributed by atoms with Gasteiger partial charge in [0.15, 0.2) is 0 Å². The molecule has 3 aromatic heterocycles. The molecule has 0 unspecified atom stereocenters. The van der Waals surface area contributed by atoms with Crippen molar-refractivity contribution >= 4 is 17.1 Å². The van der Waals surface area contributed by atoms with E-state index < -0.39 is 5.91 Å². The second kappa shape index (κ2) is 7.03. The van der Waals surface area contributed by atoms with Crippen molar-refractivity contribution in [3.8, 4) is 11.1 Å². The van der Waals surface area contributed by atoms with Crippen molar-refractivity contribution in [3.05, 3.63) is 36.4 Å². The summed E-state index contributed by atoms with van der Waals surface area (Å²) < 4.78 is 3.55. The van der Waals surface area contributed by atoms with E-state index in [9.17, 15) is 4.79 Å². The van der Waals surface area contributed by atoms with Crippen LogP contribution in [0.5, 0.6) is 0 Å². The van der Waals surface area contributed by atoms with Crippen LogP contribution in [0.15, 0.2) is 30.9 Å². The van der Waals surface area contributed by atoms with Gasteiger partial charge in [0, 0.05) is 36.6 Å². The number of hydrogen-bond acceptors (Lipinski definition) is 5. The van der Waals surface area contributed by atoms with Crippen LogP contribution in [0.4, 0.5) is 5.69 Å². The lowest BCUT2D eigenvalue weighted by Gasteiger charge is -2.33. The number of carbonyl (C=O) groups excluding carboxylic acids is 1. The van der Waals surface area contributed by atoms with Crippen LogP contribution in [0.2, 0.25) is 0 Å². The van der Waals surface area contributed by atoms with E-state index in [1.807, 2.05) is 31.7 Å². The number of nitrogens with one attached hydrogen (secondary N) is 2. The van der Waals surface area contributed by atoms with Crippen LogP contribution < -0.4 is 16.4 Å². The maximum absolute atomic E-state index is 12.0. The van der Waals surface area contributed by atoms with Crippen LogP contribution in [-0.4, -0.2) is 44.4 Å². The van der Waals surface area contributed by atoms with E-state index >= 15 is 0 Å². The van der Waals surface area contributed by atoms with E-state index in [4.69, 9.17) is 5.73 Å². The first kappa shape index (κ1) is 17.5. The molecular weight excluding hydrogens is 342 g/mol. The lowest BCUT2D eigenvalue weighted by molar-refractivity contribution is 0.100. The van der Waals surface area contributed by atoms with Gasteiger partial charge in [-0.25, -0.2) is 4.52 Å². The number of piperidine rings is 1. The topological polar surface area (TPSA) is 102 Å². The third kappa shape index (κ3) is 3.28. The van der Waals surface area contributed by atoms with E-state index in [2.05, 4.69) is 27.8 Å². The number of carbonyl (C=O) groups is 1. The quantitative estimate of drug-likeness (QED) is 0.636. The minimum absolute atomic E-state index is 0.289. The van der Waals surface area contributed by atoms with Gasteiger partial charge in [-0.3, -0.25) is 9.48 Å². The standard InChI is InChI=1S/C19H25N7O/c1-3-12-7-21-5-4-16(12)24-18-15(19(20)27)9-23-26-11-13(6-17(18)26)14-8-22-25(2)10-14/h6,8-12,16,21,24H,3-5,7H2,1-2H3,(H2,20,27)/t12-,16+/m0/s1. The largest absolute Gasteiger partial charge is 0.379 e. The Balaban J connectivity index is 1.79. The second-order valence-electron chi connectivity index (χ2n) is 7.17. The number of hydrogen-bond donors (Lipinski definition) is 3. The number of fused-ring (bicyclic) bond motifs is 1. The molecule has 0 aliphatic carbocycles. The molecule has 1 saturated heterocycles. The van der Waals surface area contributed by atoms with Crippen LogP contribution in [0.3, 0.4) is 0 Å². The molecule has 8 nitrogen and oxygen atoms in total. The highest BCUT2D eigenvalue weighted by Gasteiger charge is 2.26. The molecule has 1 aliphatic heterocycles. The van der Waals surface area contributed by atoms with Crippen molar-refractivity contribution in [2.24, 2.45) is 18.7 Å². The summed E-state index contributed by atoms with van der Waals surface area (Å²) in [6.45, 7) is 4.13. The van der Waals surface area contributed by atoms with Gasteiger partial charge in [-0.2, -0.15) is 10.2 Å². The molecule has 0 spiro atoms. The molecule has 4 N–H and O–H groups in total. The summed E-state index contributed by atoms with van der Waals surface area (Å²) in [5.41, 5.74) is 9.68. The van der Waals surface area contributed by atoms with Crippen LogP contribution in [-0.2, 0) is 7.05 Å². The van der Waals surface area contributed by atoms with Gasteiger partial charge < -0.3 is 16.4 Å². The fourth-order valence-corrected chi connectivity index (χ4v) is 3.85. The number of amides is 1. The highest BCUT2D eigenvalue weighted by atomic mass is 16.1. The summed E-state index contributed by atoms with van der Waals surface area (Å²) in [4.78, 5) is 12.0. The first-order chi connectivity index (χ1) is 13.1. The Hall–Kier alpha value is -2.87. The zero-order valence-electron chi connectivity index (χ0n) is 15.6. The van der Waals surface area contributed by atoms with Gasteiger partial charge in [-0.05, 0) is 31.5 Å². The Labute approximate surface area is 157 Å². The molecule has 142 valence electrons. The number of rotatable bonds is 5. The molecule has 2 atom stereocenters. The molecule has 3 aromatic rings. The lowest BCUT2D eigenvalue weighted by Crippen LogP contribution is -2.44. The fourth-order valence-electron chi connectivity index (χ4n) is 3.85. The fraction of sp³-hybridized carbons (Fsp3) is 0.421. The Morgan fingerprint density at radius 1 is 1.33 bits per heavy atom. The summed E-state index contributed by atoms with van der Waals surface area (Å²) in [5, 5.41) is 15.7. The first-order valence-electron chi connectivity index (χ1n) is 9.34. The first-order valence-corrected chi connectivity index (χ1v) is 9.34. The minimum Gasteiger partial charge on any atom is -0.379 e. The van der Waals surface area contributed by atoms with Gasteiger partial charge in [0.1, 0.15) is 0 Å². The Kier molecular flexibility index (Phi) is 4.57. The van der Waals surface area contributed by atoms with E-state index in [1.165, 1.54) is 0 Å². The van der Waals surface area contributed by atoms with Crippen LogP contribution in [0, 0.1) is 5.92 Å². The van der Waals surface area contributed by atoms with Crippen molar-refractivity contribution in [1.29, 1.82) is 0 Å². The lowest BCUT2D eigenvalue weighted by atomic mass is 9.90. The molecule has 0 radical (unpaired) electrons. The van der Waals surface area contributed by atoms with E-state index in [1.54, 1.807) is 15.4 Å². The molecule has 1 fully saturated rings. The minimum atomic E-state index is -0.474. The SMILES string of the molecule is CC[C@H]1CNCC[C@H]1Nc1c(C(N)=O)cnn2cc(-c3cnn(C)c3)cc12. The maximum atomic E-state index is 12.0. The van der Waals surface area contributed by atoms with Gasteiger partial charge >= 0.3 is 0 Å². The third-order valence-corrected chi connectivity index (χ3v) is 5.40. The van der Waals surface area contributed by atoms with E-state index in [0.717, 1.165) is 48.3 Å². The molecule has 4 heterocycles. The summed E-state index contributed by atoms with van der Waals surface area (Å²) in [6, 6.07) is 2.32. The predicted octanol–water partition coefficient (Wildman–Crippen LogP) is 1.63. The van der Waals surface area contributed by atoms with Crippen LogP contribution in [0.25, 0.3) is 16.6 Å². The summed E-state index contributed by atoms with van der Waals surface area (Å²) in [5.74, 6) is 0.0269. The Morgan fingerprint density at radius 2 is 2.19 bits per heavy atom. The average molecular weight is 367 g/mol. The maximum Gasteiger partial charge on any atom is 0.252 e. The average Bonchev–Trinajstić information content (AvgIpc) is 3.28. The van der Waals surface area contributed by atoms with Crippen molar-refractivity contribution in [2.75, 3.05) is 18.4 Å². The summed E-state index contributed by atoms with van der Waals surface area (Å²) in [7, 11) is 1.89. The molecule has 0 aromatic carbocycles. The Morgan fingerprint density at radius 3 is 2.89 bits per heavy atom. The monoisotopic (exact) mass is 367 g/mol. The van der Waals surface area contributed by atoms with Crippen molar-refractivity contribution < 1.29 is 4.79 Å². The highest BCUT2D eigenvalue weighted by molar-refractivity contribution is 6.02. The Bertz CT molecular complexity index is 974. The number of anilines is 1. The molecule has 0 saturated carbocycles. The normalized spacial score (nSPS) is 20.1. The molecule has 4 rings (SSSR count). The second-order valence-corrected chi connectivity index (χ2v) is 7.17. The number of nitrogens with two attached hydrogens (primary N) is 1. The molecule has 0 bridgehead atoms. The summed E-state index contributed by atoms with van der Waals surface area (Å²) >= 11 is 0. The van der Waals surface area contributed by atoms with E-state index in [-0.39, 0.29) is 6.04 Å². The predicted molar refractivity (Wildman–Crippen MR) is 105 cm³/mol. The van der Waals surface area contributed by atoms with E-state index in [0.29, 0.717) is 11.5 Å². The van der Waals surface area contributed by atoms with Gasteiger partial charge in [-0.1, -0.05) is 13.3 Å². The number of aryl methyl sites for hydroxylation is 1. The van der Waals surface area contributed by atoms with Crippen molar-refractivity contribution in [2.45, 2.75) is 25.8 Å². The molecule has 1 aliphatic rings. The van der Waals surface area contributed by atoms with Crippen LogP contribution >= 0.6 is 0 Å². The van der Waals surface area contributed by atoms with Crippen molar-refractivity contribution in [3.63, 3.8) is 0 Å². The van der Waals surface area contributed by atoms with Gasteiger partial charge in [0.05, 0.1) is 29.2 Å². The highest BCUT2D eigenvalue weighted by Crippen LogP contribution is 2.30. The van der Waals surface area contributed by atoms with Gasteiger partial charge in [0.2, 0.25) is 0 Å². The zero-order chi connectivity index (χ0) is 19.0. The van der Waals surface area contributed by atoms with Crippen LogP contribution in [0.1, 0.15) is 30.1 Å². The molecule has 8 heteroatoms. The zero-order valence-corrected chi connectivity index (χ0v) is 15.6. The number of aromatic nitrogens is 4. The van der Waals surface area contributed by atoms with Crippen molar-refractivity contribution in [1.82, 2.24) is 24.7 Å². The number of nitrogens with zero attached hydrogens (tertiary/aromatic N) is 4. The molecule has 1 amide bonds. The smallest absolute Gasteiger partial charge is 0.252 e. The molecule has 27 heavy (non-hydrogen) atoms. The molecular formula is C19H25N7O.